The number of fused-ring (bicyclic) bond motifs is 5. The van der Waals surface area contributed by atoms with Crippen molar-refractivity contribution >= 4 is 23.2 Å². The number of Topliss-reactive ketones (excluding diaryl/α,β-unsaturated/α-hetero) is 1. The second-order valence-corrected chi connectivity index (χ2v) is 7.76. The Morgan fingerprint density at radius 1 is 1.04 bits per heavy atom. The Morgan fingerprint density at radius 3 is 2.54 bits per heavy atom. The zero-order valence-electron chi connectivity index (χ0n) is 15.3. The van der Waals surface area contributed by atoms with Crippen LogP contribution in [-0.4, -0.2) is 22.5 Å². The molecule has 0 spiro atoms. The summed E-state index contributed by atoms with van der Waals surface area (Å²) in [6.45, 7) is 2.04. The van der Waals surface area contributed by atoms with Crippen molar-refractivity contribution in [3.05, 3.63) is 76.6 Å². The number of hydrogen-bond donors (Lipinski definition) is 0. The fourth-order valence-electron chi connectivity index (χ4n) is 5.06. The number of carbonyl (C=O) groups is 3. The molecule has 5 heteroatoms. The molecule has 0 N–H and O–H groups in total. The smallest absolute Gasteiger partial charge is 0.234 e. The minimum atomic E-state index is -0.667. The number of likely N-dealkylation sites (tertiary alicyclic amines) is 1. The maximum atomic E-state index is 14.0. The van der Waals surface area contributed by atoms with E-state index >= 15 is 0 Å². The molecule has 1 aliphatic heterocycles. The SMILES string of the molecule is CC1=C2C(=O)C[C@H]3C(=O)N(Cc4ccccc4)C(=O)[C@H]3[C@@H]2c2cc(F)ccc21. The van der Waals surface area contributed by atoms with E-state index < -0.39 is 23.6 Å². The number of benzene rings is 2. The number of rotatable bonds is 2. The van der Waals surface area contributed by atoms with E-state index in [-0.39, 0.29) is 30.6 Å². The molecule has 3 atom stereocenters. The molecule has 0 unspecified atom stereocenters. The second-order valence-electron chi connectivity index (χ2n) is 7.76. The summed E-state index contributed by atoms with van der Waals surface area (Å²) < 4.78 is 14.0. The summed E-state index contributed by atoms with van der Waals surface area (Å²) in [4.78, 5) is 40.4. The number of hydrogen-bond acceptors (Lipinski definition) is 3. The van der Waals surface area contributed by atoms with Gasteiger partial charge in [-0.25, -0.2) is 4.39 Å². The lowest BCUT2D eigenvalue weighted by Crippen LogP contribution is -2.34. The lowest BCUT2D eigenvalue weighted by Gasteiger charge is -2.30. The molecule has 2 aromatic rings. The van der Waals surface area contributed by atoms with Crippen LogP contribution in [0.4, 0.5) is 4.39 Å². The van der Waals surface area contributed by atoms with Gasteiger partial charge in [0.2, 0.25) is 11.8 Å². The van der Waals surface area contributed by atoms with Gasteiger partial charge in [0.05, 0.1) is 18.4 Å². The molecular formula is C23H18FNO3. The van der Waals surface area contributed by atoms with Crippen LogP contribution in [0.2, 0.25) is 0 Å². The monoisotopic (exact) mass is 375 g/mol. The van der Waals surface area contributed by atoms with Crippen molar-refractivity contribution in [2.24, 2.45) is 11.8 Å². The van der Waals surface area contributed by atoms with Crippen LogP contribution < -0.4 is 0 Å². The van der Waals surface area contributed by atoms with Gasteiger partial charge in [-0.1, -0.05) is 36.4 Å². The first-order chi connectivity index (χ1) is 13.5. The van der Waals surface area contributed by atoms with Crippen LogP contribution in [0, 0.1) is 17.7 Å². The third kappa shape index (κ3) is 2.25. The standard InChI is InChI=1S/C23H18FNO3/c1-12-15-8-7-14(24)9-16(15)20-19(12)18(26)10-17-21(20)23(28)25(22(17)27)11-13-5-3-2-4-6-13/h2-9,17,20-21H,10-11H2,1H3/t17-,20-,21-/m1/s1. The Bertz CT molecular complexity index is 1070. The lowest BCUT2D eigenvalue weighted by atomic mass is 9.69. The van der Waals surface area contributed by atoms with Crippen molar-refractivity contribution < 1.29 is 18.8 Å². The molecule has 1 saturated heterocycles. The Balaban J connectivity index is 1.59. The number of carbonyl (C=O) groups excluding carboxylic acids is 3. The molecule has 2 amide bonds. The van der Waals surface area contributed by atoms with Crippen molar-refractivity contribution in [2.45, 2.75) is 25.8 Å². The van der Waals surface area contributed by atoms with Crippen LogP contribution in [0.1, 0.15) is 36.0 Å². The average Bonchev–Trinajstić information content (AvgIpc) is 3.10. The van der Waals surface area contributed by atoms with Crippen molar-refractivity contribution in [3.63, 3.8) is 0 Å². The highest BCUT2D eigenvalue weighted by Crippen LogP contribution is 2.55. The van der Waals surface area contributed by atoms with E-state index in [1.807, 2.05) is 37.3 Å². The summed E-state index contributed by atoms with van der Waals surface area (Å²) in [6.07, 6.45) is 0.0418. The van der Waals surface area contributed by atoms with Crippen molar-refractivity contribution in [1.82, 2.24) is 4.90 Å². The third-order valence-corrected chi connectivity index (χ3v) is 6.28. The summed E-state index contributed by atoms with van der Waals surface area (Å²) in [5.74, 6) is -2.91. The first-order valence-corrected chi connectivity index (χ1v) is 9.40. The van der Waals surface area contributed by atoms with Crippen molar-refractivity contribution in [2.75, 3.05) is 0 Å². The molecule has 0 radical (unpaired) electrons. The van der Waals surface area contributed by atoms with Crippen LogP contribution in [0.5, 0.6) is 0 Å². The summed E-state index contributed by atoms with van der Waals surface area (Å²) >= 11 is 0. The van der Waals surface area contributed by atoms with Crippen LogP contribution in [-0.2, 0) is 20.9 Å². The summed E-state index contributed by atoms with van der Waals surface area (Å²) in [6, 6.07) is 13.8. The number of halogens is 1. The van der Waals surface area contributed by atoms with E-state index in [1.54, 1.807) is 6.07 Å². The molecular weight excluding hydrogens is 357 g/mol. The first kappa shape index (κ1) is 17.0. The maximum absolute atomic E-state index is 14.0. The summed E-state index contributed by atoms with van der Waals surface area (Å²) in [7, 11) is 0. The van der Waals surface area contributed by atoms with Gasteiger partial charge in [-0.3, -0.25) is 19.3 Å². The summed E-state index contributed by atoms with van der Waals surface area (Å²) in [5, 5.41) is 0. The highest BCUT2D eigenvalue weighted by Gasteiger charge is 2.58. The normalized spacial score (nSPS) is 25.9. The Morgan fingerprint density at radius 2 is 1.79 bits per heavy atom. The van der Waals surface area contributed by atoms with E-state index in [0.29, 0.717) is 11.1 Å². The van der Waals surface area contributed by atoms with Gasteiger partial charge < -0.3 is 0 Å². The van der Waals surface area contributed by atoms with E-state index in [0.717, 1.165) is 16.7 Å². The molecule has 5 rings (SSSR count). The van der Waals surface area contributed by atoms with E-state index in [4.69, 9.17) is 0 Å². The summed E-state index contributed by atoms with van der Waals surface area (Å²) in [5.41, 5.74) is 3.68. The van der Waals surface area contributed by atoms with Gasteiger partial charge in [0, 0.05) is 17.9 Å². The van der Waals surface area contributed by atoms with Crippen LogP contribution in [0.3, 0.4) is 0 Å². The molecule has 140 valence electrons. The third-order valence-electron chi connectivity index (χ3n) is 6.28. The topological polar surface area (TPSA) is 54.5 Å². The minimum absolute atomic E-state index is 0.0418. The van der Waals surface area contributed by atoms with Crippen molar-refractivity contribution in [1.29, 1.82) is 0 Å². The predicted octanol–water partition coefficient (Wildman–Crippen LogP) is 3.47. The fraction of sp³-hybridized carbons (Fsp3) is 0.261. The van der Waals surface area contributed by atoms with Gasteiger partial charge in [-0.2, -0.15) is 0 Å². The highest BCUT2D eigenvalue weighted by atomic mass is 19.1. The molecule has 3 aliphatic rings. The Labute approximate surface area is 161 Å². The number of allylic oxidation sites excluding steroid dienone is 2. The Kier molecular flexibility index (Phi) is 3.63. The molecule has 0 bridgehead atoms. The molecule has 2 aliphatic carbocycles. The van der Waals surface area contributed by atoms with Crippen molar-refractivity contribution in [3.8, 4) is 0 Å². The molecule has 2 aromatic carbocycles. The van der Waals surface area contributed by atoms with Gasteiger partial charge in [-0.15, -0.1) is 0 Å². The minimum Gasteiger partial charge on any atom is -0.294 e. The second kappa shape index (κ2) is 5.96. The Hall–Kier alpha value is -3.08. The van der Waals surface area contributed by atoms with Gasteiger partial charge in [-0.05, 0) is 41.3 Å². The molecule has 2 fully saturated rings. The lowest BCUT2D eigenvalue weighted by molar-refractivity contribution is -0.141. The number of amides is 2. The maximum Gasteiger partial charge on any atom is 0.234 e. The van der Waals surface area contributed by atoms with E-state index in [9.17, 15) is 18.8 Å². The molecule has 0 aromatic heterocycles. The number of imide groups is 1. The fourth-order valence-corrected chi connectivity index (χ4v) is 5.06. The zero-order valence-corrected chi connectivity index (χ0v) is 15.3. The van der Waals surface area contributed by atoms with Gasteiger partial charge in [0.1, 0.15) is 5.82 Å². The number of ketones is 1. The van der Waals surface area contributed by atoms with E-state index in [1.165, 1.54) is 17.0 Å². The van der Waals surface area contributed by atoms with Crippen LogP contribution in [0.15, 0.2) is 54.1 Å². The van der Waals surface area contributed by atoms with Gasteiger partial charge in [0.15, 0.2) is 5.78 Å². The average molecular weight is 375 g/mol. The molecule has 1 saturated carbocycles. The van der Waals surface area contributed by atoms with Gasteiger partial charge >= 0.3 is 0 Å². The highest BCUT2D eigenvalue weighted by molar-refractivity contribution is 6.15. The van der Waals surface area contributed by atoms with E-state index in [2.05, 4.69) is 0 Å². The molecule has 1 heterocycles. The van der Waals surface area contributed by atoms with Gasteiger partial charge in [0.25, 0.3) is 0 Å². The predicted molar refractivity (Wildman–Crippen MR) is 100 cm³/mol. The quantitative estimate of drug-likeness (QED) is 0.756. The largest absolute Gasteiger partial charge is 0.294 e. The molecule has 4 nitrogen and oxygen atoms in total. The zero-order chi connectivity index (χ0) is 19.6. The van der Waals surface area contributed by atoms with Crippen LogP contribution >= 0.6 is 0 Å². The van der Waals surface area contributed by atoms with Crippen LogP contribution in [0.25, 0.3) is 5.57 Å². The number of nitrogens with zero attached hydrogens (tertiary/aromatic N) is 1. The first-order valence-electron chi connectivity index (χ1n) is 9.40. The molecule has 28 heavy (non-hydrogen) atoms.